The van der Waals surface area contributed by atoms with Crippen LogP contribution in [0.1, 0.15) is 5.56 Å². The smallest absolute Gasteiger partial charge is 0.346 e. The molecule has 0 unspecified atom stereocenters. The van der Waals surface area contributed by atoms with Gasteiger partial charge in [0.05, 0.1) is 0 Å². The molecule has 0 atom stereocenters. The number of carbonyl (C=O) groups is 1. The van der Waals surface area contributed by atoms with E-state index in [4.69, 9.17) is 4.74 Å². The molecule has 0 saturated carbocycles. The van der Waals surface area contributed by atoms with E-state index in [9.17, 15) is 4.79 Å². The van der Waals surface area contributed by atoms with Gasteiger partial charge in [-0.3, -0.25) is 0 Å². The molecule has 1 aliphatic heterocycles. The fraction of sp³-hybridized carbons (Fsp3) is 0.0625. The fourth-order valence-corrected chi connectivity index (χ4v) is 3.13. The Bertz CT molecular complexity index is 635. The molecule has 0 bridgehead atoms. The average molecular weight is 362 g/mol. The van der Waals surface area contributed by atoms with Gasteiger partial charge in [0, 0.05) is 5.57 Å². The normalized spacial score (nSPS) is 20.3. The summed E-state index contributed by atoms with van der Waals surface area (Å²) in [6.45, 7) is 3.87. The van der Waals surface area contributed by atoms with Crippen LogP contribution in [0.25, 0.3) is 5.57 Å². The molecule has 1 aromatic carbocycles. The number of benzene rings is 1. The Kier molecular flexibility index (Phi) is 2.93. The van der Waals surface area contributed by atoms with Crippen LogP contribution in [-0.4, -0.2) is 11.6 Å². The summed E-state index contributed by atoms with van der Waals surface area (Å²) in [5.74, 6) is -0.277. The summed E-state index contributed by atoms with van der Waals surface area (Å²) in [6.07, 6.45) is 7.54. The third-order valence-corrected chi connectivity index (χ3v) is 4.18. The molecule has 1 spiro atoms. The van der Waals surface area contributed by atoms with E-state index in [1.807, 2.05) is 54.6 Å². The lowest BCUT2D eigenvalue weighted by Gasteiger charge is -2.26. The monoisotopic (exact) mass is 362 g/mol. The van der Waals surface area contributed by atoms with Crippen molar-refractivity contribution in [2.45, 2.75) is 5.60 Å². The van der Waals surface area contributed by atoms with Gasteiger partial charge in [0.2, 0.25) is 0 Å². The lowest BCUT2D eigenvalue weighted by molar-refractivity contribution is -0.140. The zero-order valence-electron chi connectivity index (χ0n) is 10.1. The van der Waals surface area contributed by atoms with Gasteiger partial charge in [-0.05, 0) is 45.9 Å². The second-order valence-electron chi connectivity index (χ2n) is 4.48. The van der Waals surface area contributed by atoms with E-state index >= 15 is 0 Å². The van der Waals surface area contributed by atoms with Gasteiger partial charge in [-0.15, -0.1) is 0 Å². The highest BCUT2D eigenvalue weighted by Gasteiger charge is 2.44. The molecule has 19 heavy (non-hydrogen) atoms. The SMILES string of the molecule is C=C1C=CC2(C=C1)OC(=O)C(I)=C2c1ccccc1. The maximum absolute atomic E-state index is 11.9. The van der Waals surface area contributed by atoms with E-state index in [1.165, 1.54) is 0 Å². The predicted octanol–water partition coefficient (Wildman–Crippen LogP) is 3.81. The van der Waals surface area contributed by atoms with Crippen LogP contribution in [0, 0.1) is 0 Å². The van der Waals surface area contributed by atoms with Crippen molar-refractivity contribution in [3.63, 3.8) is 0 Å². The molecule has 0 amide bonds. The molecular weight excluding hydrogens is 351 g/mol. The molecule has 1 aliphatic carbocycles. The highest BCUT2D eigenvalue weighted by Crippen LogP contribution is 2.45. The van der Waals surface area contributed by atoms with Crippen LogP contribution in [0.2, 0.25) is 0 Å². The number of hydrogen-bond donors (Lipinski definition) is 0. The molecule has 2 aliphatic rings. The van der Waals surface area contributed by atoms with Crippen molar-refractivity contribution in [3.05, 3.63) is 75.9 Å². The first-order valence-electron chi connectivity index (χ1n) is 5.89. The zero-order chi connectivity index (χ0) is 13.5. The molecule has 1 heterocycles. The minimum atomic E-state index is -0.782. The number of ether oxygens (including phenoxy) is 1. The van der Waals surface area contributed by atoms with Gasteiger partial charge in [0.15, 0.2) is 5.60 Å². The van der Waals surface area contributed by atoms with Crippen molar-refractivity contribution < 1.29 is 9.53 Å². The second-order valence-corrected chi connectivity index (χ2v) is 5.56. The van der Waals surface area contributed by atoms with Gasteiger partial charge in [-0.2, -0.15) is 0 Å². The molecule has 3 rings (SSSR count). The molecular formula is C16H11IO2. The number of carbonyl (C=O) groups excluding carboxylic acids is 1. The third-order valence-electron chi connectivity index (χ3n) is 3.20. The number of hydrogen-bond acceptors (Lipinski definition) is 2. The molecule has 0 N–H and O–H groups in total. The number of esters is 1. The van der Waals surface area contributed by atoms with Crippen molar-refractivity contribution in [1.82, 2.24) is 0 Å². The summed E-state index contributed by atoms with van der Waals surface area (Å²) in [7, 11) is 0. The standard InChI is InChI=1S/C16H11IO2/c1-11-7-9-16(10-8-11)13(14(17)15(18)19-16)12-5-3-2-4-6-12/h2-10H,1H2. The van der Waals surface area contributed by atoms with E-state index in [2.05, 4.69) is 29.2 Å². The van der Waals surface area contributed by atoms with E-state index in [0.29, 0.717) is 3.58 Å². The third kappa shape index (κ3) is 1.98. The Hall–Kier alpha value is -1.62. The van der Waals surface area contributed by atoms with Gasteiger partial charge in [-0.25, -0.2) is 4.79 Å². The Balaban J connectivity index is 2.18. The maximum atomic E-state index is 11.9. The fourth-order valence-electron chi connectivity index (χ4n) is 2.29. The molecule has 3 heteroatoms. The number of rotatable bonds is 1. The van der Waals surface area contributed by atoms with Crippen molar-refractivity contribution in [2.75, 3.05) is 0 Å². The first-order chi connectivity index (χ1) is 9.12. The Morgan fingerprint density at radius 2 is 1.74 bits per heavy atom. The minimum Gasteiger partial charge on any atom is -0.441 e. The second kappa shape index (κ2) is 4.49. The van der Waals surface area contributed by atoms with Crippen molar-refractivity contribution in [1.29, 1.82) is 0 Å². The minimum absolute atomic E-state index is 0.277. The van der Waals surface area contributed by atoms with Gasteiger partial charge >= 0.3 is 5.97 Å². The summed E-state index contributed by atoms with van der Waals surface area (Å²) >= 11 is 2.06. The van der Waals surface area contributed by atoms with E-state index < -0.39 is 5.60 Å². The summed E-state index contributed by atoms with van der Waals surface area (Å²) in [6, 6.07) is 9.84. The first kappa shape index (κ1) is 12.4. The molecule has 94 valence electrons. The van der Waals surface area contributed by atoms with E-state index in [0.717, 1.165) is 16.7 Å². The highest BCUT2D eigenvalue weighted by atomic mass is 127. The van der Waals surface area contributed by atoms with Crippen LogP contribution in [0.4, 0.5) is 0 Å². The highest BCUT2D eigenvalue weighted by molar-refractivity contribution is 14.1. The molecule has 0 aromatic heterocycles. The van der Waals surface area contributed by atoms with E-state index in [-0.39, 0.29) is 5.97 Å². The topological polar surface area (TPSA) is 26.3 Å². The number of allylic oxidation sites excluding steroid dienone is 3. The predicted molar refractivity (Wildman–Crippen MR) is 83.6 cm³/mol. The Morgan fingerprint density at radius 1 is 1.11 bits per heavy atom. The largest absolute Gasteiger partial charge is 0.441 e. The van der Waals surface area contributed by atoms with E-state index in [1.54, 1.807) is 0 Å². The van der Waals surface area contributed by atoms with Gasteiger partial charge in [-0.1, -0.05) is 49.1 Å². The van der Waals surface area contributed by atoms with Crippen LogP contribution in [0.5, 0.6) is 0 Å². The van der Waals surface area contributed by atoms with Gasteiger partial charge in [0.1, 0.15) is 3.58 Å². The summed E-state index contributed by atoms with van der Waals surface area (Å²) in [5, 5.41) is 0. The molecule has 0 fully saturated rings. The quantitative estimate of drug-likeness (QED) is 0.561. The van der Waals surface area contributed by atoms with Gasteiger partial charge in [0.25, 0.3) is 0 Å². The lowest BCUT2D eigenvalue weighted by atomic mass is 9.85. The van der Waals surface area contributed by atoms with Crippen LogP contribution < -0.4 is 0 Å². The van der Waals surface area contributed by atoms with Crippen LogP contribution in [-0.2, 0) is 9.53 Å². The van der Waals surface area contributed by atoms with Crippen molar-refractivity contribution in [2.24, 2.45) is 0 Å². The Labute approximate surface area is 125 Å². The van der Waals surface area contributed by atoms with Crippen LogP contribution in [0.15, 0.2) is 70.4 Å². The van der Waals surface area contributed by atoms with Crippen molar-refractivity contribution in [3.8, 4) is 0 Å². The average Bonchev–Trinajstić information content (AvgIpc) is 2.66. The Morgan fingerprint density at radius 3 is 2.37 bits per heavy atom. The first-order valence-corrected chi connectivity index (χ1v) is 6.97. The lowest BCUT2D eigenvalue weighted by Crippen LogP contribution is -2.27. The summed E-state index contributed by atoms with van der Waals surface area (Å²) < 4.78 is 6.21. The zero-order valence-corrected chi connectivity index (χ0v) is 12.3. The molecule has 1 aromatic rings. The molecule has 0 saturated heterocycles. The maximum Gasteiger partial charge on any atom is 0.346 e. The molecule has 0 radical (unpaired) electrons. The number of halogens is 1. The summed E-state index contributed by atoms with van der Waals surface area (Å²) in [5.41, 5.74) is 2.02. The van der Waals surface area contributed by atoms with Gasteiger partial charge < -0.3 is 4.74 Å². The summed E-state index contributed by atoms with van der Waals surface area (Å²) in [4.78, 5) is 11.9. The molecule has 2 nitrogen and oxygen atoms in total. The van der Waals surface area contributed by atoms with Crippen LogP contribution in [0.3, 0.4) is 0 Å². The van der Waals surface area contributed by atoms with Crippen LogP contribution >= 0.6 is 22.6 Å². The van der Waals surface area contributed by atoms with Crippen molar-refractivity contribution >= 4 is 34.1 Å².